The van der Waals surface area contributed by atoms with Gasteiger partial charge < -0.3 is 14.9 Å². The first kappa shape index (κ1) is 22.5. The number of aromatic hydroxyl groups is 1. The molecule has 2 fully saturated rings. The molecule has 11 heteroatoms. The van der Waals surface area contributed by atoms with Crippen LogP contribution in [-0.2, 0) is 11.0 Å². The van der Waals surface area contributed by atoms with Gasteiger partial charge >= 0.3 is 6.18 Å². The number of hydrogen-bond donors (Lipinski definition) is 1. The zero-order valence-corrected chi connectivity index (χ0v) is 18.8. The molecule has 2 aromatic heterocycles. The lowest BCUT2D eigenvalue weighted by Crippen LogP contribution is -2.57. The Morgan fingerprint density at radius 2 is 1.82 bits per heavy atom. The second-order valence-corrected chi connectivity index (χ2v) is 8.96. The van der Waals surface area contributed by atoms with E-state index in [0.717, 1.165) is 18.9 Å². The van der Waals surface area contributed by atoms with Crippen LogP contribution in [0.5, 0.6) is 5.75 Å². The summed E-state index contributed by atoms with van der Waals surface area (Å²) < 4.78 is 41.9. The lowest BCUT2D eigenvalue weighted by Gasteiger charge is -2.38. The van der Waals surface area contributed by atoms with E-state index in [9.17, 15) is 27.9 Å². The number of halogens is 4. The normalized spacial score (nSPS) is 19.2. The minimum absolute atomic E-state index is 0.0171. The summed E-state index contributed by atoms with van der Waals surface area (Å²) in [6, 6.07) is 7.81. The Kier molecular flexibility index (Phi) is 5.23. The molecule has 1 aliphatic heterocycles. The van der Waals surface area contributed by atoms with Crippen LogP contribution in [0.15, 0.2) is 36.4 Å². The number of anilines is 1. The highest BCUT2D eigenvalue weighted by Crippen LogP contribution is 2.43. The maximum Gasteiger partial charge on any atom is 0.433 e. The van der Waals surface area contributed by atoms with Crippen LogP contribution in [0.25, 0.3) is 5.52 Å². The van der Waals surface area contributed by atoms with Crippen LogP contribution in [0, 0.1) is 0 Å². The number of rotatable bonds is 3. The number of fused-ring (bicyclic) bond motifs is 1. The molecule has 2 aliphatic rings. The smallest absolute Gasteiger partial charge is 0.433 e. The average molecular weight is 493 g/mol. The van der Waals surface area contributed by atoms with Crippen LogP contribution in [0.2, 0.25) is 5.02 Å². The lowest BCUT2D eigenvalue weighted by molar-refractivity contribution is -0.142. The molecule has 34 heavy (non-hydrogen) atoms. The van der Waals surface area contributed by atoms with Gasteiger partial charge in [-0.05, 0) is 67.6 Å². The van der Waals surface area contributed by atoms with Gasteiger partial charge in [0.25, 0.3) is 5.91 Å². The third-order valence-corrected chi connectivity index (χ3v) is 6.69. The van der Waals surface area contributed by atoms with Crippen molar-refractivity contribution in [3.8, 4) is 5.75 Å². The van der Waals surface area contributed by atoms with Gasteiger partial charge in [0.05, 0.1) is 10.5 Å². The van der Waals surface area contributed by atoms with Crippen molar-refractivity contribution < 1.29 is 27.9 Å². The minimum Gasteiger partial charge on any atom is -0.508 e. The van der Waals surface area contributed by atoms with Crippen molar-refractivity contribution in [2.45, 2.75) is 37.9 Å². The van der Waals surface area contributed by atoms with E-state index in [1.807, 2.05) is 0 Å². The summed E-state index contributed by atoms with van der Waals surface area (Å²) >= 11 is 6.40. The number of amides is 2. The first-order valence-electron chi connectivity index (χ1n) is 10.8. The first-order chi connectivity index (χ1) is 16.1. The number of pyridine rings is 1. The largest absolute Gasteiger partial charge is 0.508 e. The predicted molar refractivity (Wildman–Crippen MR) is 118 cm³/mol. The Hall–Kier alpha value is -3.27. The minimum atomic E-state index is -4.68. The van der Waals surface area contributed by atoms with Crippen molar-refractivity contribution >= 4 is 34.6 Å². The van der Waals surface area contributed by atoms with Crippen molar-refractivity contribution in [3.63, 3.8) is 0 Å². The Balaban J connectivity index is 1.48. The fourth-order valence-corrected chi connectivity index (χ4v) is 4.56. The van der Waals surface area contributed by atoms with Gasteiger partial charge in [-0.3, -0.25) is 9.59 Å². The average Bonchev–Trinajstić information content (AvgIpc) is 3.59. The number of hydrogen-bond acceptors (Lipinski definition) is 4. The quantitative estimate of drug-likeness (QED) is 0.585. The number of nitrogens with zero attached hydrogens (tertiary/aromatic N) is 4. The van der Waals surface area contributed by atoms with Crippen molar-refractivity contribution in [3.05, 3.63) is 58.4 Å². The summed E-state index contributed by atoms with van der Waals surface area (Å²) in [6.07, 6.45) is -3.08. The van der Waals surface area contributed by atoms with Crippen molar-refractivity contribution in [1.29, 1.82) is 0 Å². The molecule has 1 aliphatic carbocycles. The van der Waals surface area contributed by atoms with Gasteiger partial charge in [-0.15, -0.1) is 0 Å². The second-order valence-electron chi connectivity index (χ2n) is 8.59. The van der Waals surface area contributed by atoms with E-state index in [1.54, 1.807) is 25.1 Å². The van der Waals surface area contributed by atoms with E-state index in [0.29, 0.717) is 15.8 Å². The Morgan fingerprint density at radius 3 is 2.44 bits per heavy atom. The molecule has 2 amide bonds. The molecular weight excluding hydrogens is 473 g/mol. The van der Waals surface area contributed by atoms with E-state index < -0.39 is 23.8 Å². The molecule has 178 valence electrons. The fraction of sp³-hybridized carbons (Fsp3) is 0.348. The highest BCUT2D eigenvalue weighted by molar-refractivity contribution is 6.37. The Morgan fingerprint density at radius 1 is 1.15 bits per heavy atom. The monoisotopic (exact) mass is 492 g/mol. The highest BCUT2D eigenvalue weighted by atomic mass is 35.5. The second kappa shape index (κ2) is 7.90. The van der Waals surface area contributed by atoms with Gasteiger partial charge in [-0.2, -0.15) is 18.3 Å². The Bertz CT molecular complexity index is 1300. The van der Waals surface area contributed by atoms with Crippen LogP contribution >= 0.6 is 11.6 Å². The van der Waals surface area contributed by atoms with Gasteiger partial charge in [-0.25, -0.2) is 4.52 Å². The molecule has 0 bridgehead atoms. The van der Waals surface area contributed by atoms with E-state index in [-0.39, 0.29) is 46.9 Å². The van der Waals surface area contributed by atoms with Gasteiger partial charge in [0.15, 0.2) is 5.69 Å². The molecule has 0 radical (unpaired) electrons. The molecule has 7 nitrogen and oxygen atoms in total. The van der Waals surface area contributed by atoms with Crippen molar-refractivity contribution in [1.82, 2.24) is 14.5 Å². The maximum atomic E-state index is 13.8. The van der Waals surface area contributed by atoms with Gasteiger partial charge in [-0.1, -0.05) is 11.6 Å². The van der Waals surface area contributed by atoms with Crippen LogP contribution in [0.3, 0.4) is 0 Å². The number of carbonyl (C=O) groups excluding carboxylic acids is 2. The van der Waals surface area contributed by atoms with Crippen LogP contribution in [0.4, 0.5) is 18.9 Å². The molecule has 3 aromatic rings. The molecule has 0 spiro atoms. The summed E-state index contributed by atoms with van der Waals surface area (Å²) in [5.41, 5.74) is -0.211. The van der Waals surface area contributed by atoms with Crippen LogP contribution in [0.1, 0.15) is 47.4 Å². The molecule has 1 saturated heterocycles. The zero-order valence-electron chi connectivity index (χ0n) is 18.0. The van der Waals surface area contributed by atoms with Gasteiger partial charge in [0, 0.05) is 18.8 Å². The van der Waals surface area contributed by atoms with Gasteiger partial charge in [0.2, 0.25) is 5.91 Å². The summed E-state index contributed by atoms with van der Waals surface area (Å²) in [4.78, 5) is 29.0. The number of alkyl halides is 3. The molecule has 3 heterocycles. The topological polar surface area (TPSA) is 78.2 Å². The van der Waals surface area contributed by atoms with E-state index in [4.69, 9.17) is 11.6 Å². The molecule has 1 unspecified atom stereocenters. The van der Waals surface area contributed by atoms with E-state index in [1.165, 1.54) is 21.9 Å². The molecule has 1 aromatic carbocycles. The lowest BCUT2D eigenvalue weighted by atomic mass is 10.1. The number of phenolic OH excluding ortho intramolecular Hbond substituents is 1. The third kappa shape index (κ3) is 3.75. The van der Waals surface area contributed by atoms with E-state index >= 15 is 0 Å². The fourth-order valence-electron chi connectivity index (χ4n) is 4.30. The molecular formula is C23H20ClF3N4O3. The maximum absolute atomic E-state index is 13.8. The molecule has 1 saturated carbocycles. The SMILES string of the molecule is CC1C(=O)N(c2ccc(O)cc2)CCN1C(=O)c1nn2c(C(F)(F)F)cc(C3CC3)cc2c1Cl. The Labute approximate surface area is 197 Å². The molecule has 1 atom stereocenters. The summed E-state index contributed by atoms with van der Waals surface area (Å²) in [5, 5.41) is 13.2. The first-order valence-corrected chi connectivity index (χ1v) is 11.1. The van der Waals surface area contributed by atoms with Crippen LogP contribution in [-0.4, -0.2) is 50.6 Å². The van der Waals surface area contributed by atoms with Crippen LogP contribution < -0.4 is 4.90 Å². The van der Waals surface area contributed by atoms with Crippen molar-refractivity contribution in [2.75, 3.05) is 18.0 Å². The summed E-state index contributed by atoms with van der Waals surface area (Å²) in [5.74, 6) is -0.970. The number of carbonyl (C=O) groups is 2. The number of piperazine rings is 1. The zero-order chi connectivity index (χ0) is 24.4. The standard InChI is InChI=1S/C23H20ClF3N4O3/c1-12-21(33)30(15-4-6-16(32)7-5-15)9-8-29(12)22(34)20-19(24)17-10-14(13-2-3-13)11-18(23(25,26)27)31(17)28-20/h4-7,10-13,32H,2-3,8-9H2,1H3. The highest BCUT2D eigenvalue weighted by Gasteiger charge is 2.40. The van der Waals surface area contributed by atoms with E-state index in [2.05, 4.69) is 5.10 Å². The molecule has 1 N–H and O–H groups in total. The van der Waals surface area contributed by atoms with Crippen molar-refractivity contribution in [2.24, 2.45) is 0 Å². The summed E-state index contributed by atoms with van der Waals surface area (Å²) in [6.45, 7) is 1.85. The van der Waals surface area contributed by atoms with Gasteiger partial charge in [0.1, 0.15) is 17.5 Å². The number of phenols is 1. The number of aromatic nitrogens is 2. The molecule has 5 rings (SSSR count). The summed E-state index contributed by atoms with van der Waals surface area (Å²) in [7, 11) is 0. The third-order valence-electron chi connectivity index (χ3n) is 6.32. The number of benzene rings is 1. The predicted octanol–water partition coefficient (Wildman–Crippen LogP) is 4.47.